The summed E-state index contributed by atoms with van der Waals surface area (Å²) < 4.78 is 12.3. The summed E-state index contributed by atoms with van der Waals surface area (Å²) in [5, 5.41) is 8.51. The molecule has 0 bridgehead atoms. The van der Waals surface area contributed by atoms with Crippen molar-refractivity contribution in [2.24, 2.45) is 0 Å². The Hall–Kier alpha value is -1.03. The van der Waals surface area contributed by atoms with Gasteiger partial charge in [0.2, 0.25) is 5.79 Å². The van der Waals surface area contributed by atoms with Crippen LogP contribution in [0, 0.1) is 0 Å². The Bertz CT molecular complexity index is 774. The molecule has 22 heavy (non-hydrogen) atoms. The summed E-state index contributed by atoms with van der Waals surface area (Å²) in [6.07, 6.45) is 0. The van der Waals surface area contributed by atoms with Crippen LogP contribution in [-0.2, 0) is 15.3 Å². The molecule has 4 heterocycles. The minimum atomic E-state index is -0.638. The van der Waals surface area contributed by atoms with Crippen LogP contribution in [0.4, 0.5) is 0 Å². The molecule has 1 spiro atoms. The zero-order valence-electron chi connectivity index (χ0n) is 11.7. The van der Waals surface area contributed by atoms with Gasteiger partial charge in [0, 0.05) is 10.6 Å². The van der Waals surface area contributed by atoms with Gasteiger partial charge in [-0.15, -0.1) is 22.7 Å². The monoisotopic (exact) mass is 344 g/mol. The lowest BCUT2D eigenvalue weighted by Gasteiger charge is -2.35. The fraction of sp³-hybridized carbons (Fsp3) is 0.176. The molecule has 0 N–H and O–H groups in total. The highest BCUT2D eigenvalue weighted by Crippen LogP contribution is 2.52. The first-order valence-corrected chi connectivity index (χ1v) is 10.3. The molecule has 1 aromatic carbocycles. The normalized spacial score (nSPS) is 19.3. The smallest absolute Gasteiger partial charge is 0.242 e. The van der Waals surface area contributed by atoms with Crippen LogP contribution < -0.4 is 15.9 Å². The van der Waals surface area contributed by atoms with E-state index in [1.54, 1.807) is 22.7 Å². The number of ether oxygens (including phenoxy) is 2. The quantitative estimate of drug-likeness (QED) is 0.632. The second-order valence-electron chi connectivity index (χ2n) is 5.25. The van der Waals surface area contributed by atoms with E-state index in [0.717, 1.165) is 0 Å². The summed E-state index contributed by atoms with van der Waals surface area (Å²) in [5.74, 6) is -0.638. The minimum absolute atomic E-state index is 0.506. The van der Waals surface area contributed by atoms with Crippen LogP contribution in [0.2, 0.25) is 0 Å². The fourth-order valence-corrected chi connectivity index (χ4v) is 8.58. The number of fused-ring (bicyclic) bond motifs is 4. The first kappa shape index (κ1) is 13.4. The molecule has 1 fully saturated rings. The molecule has 0 saturated carbocycles. The Morgan fingerprint density at radius 1 is 0.818 bits per heavy atom. The van der Waals surface area contributed by atoms with E-state index >= 15 is 0 Å². The van der Waals surface area contributed by atoms with Gasteiger partial charge in [-0.25, -0.2) is 0 Å². The predicted molar refractivity (Wildman–Crippen MR) is 93.6 cm³/mol. The first-order valence-electron chi connectivity index (χ1n) is 7.19. The molecule has 5 heteroatoms. The highest BCUT2D eigenvalue weighted by molar-refractivity contribution is 7.80. The Morgan fingerprint density at radius 2 is 1.41 bits per heavy atom. The molecule has 1 saturated heterocycles. The maximum absolute atomic E-state index is 6.14. The molecule has 0 radical (unpaired) electrons. The molecule has 2 aliphatic heterocycles. The van der Waals surface area contributed by atoms with E-state index in [0.29, 0.717) is 13.2 Å². The third kappa shape index (κ3) is 1.70. The van der Waals surface area contributed by atoms with Crippen LogP contribution in [0.25, 0.3) is 0 Å². The maximum atomic E-state index is 6.14. The van der Waals surface area contributed by atoms with Crippen molar-refractivity contribution in [3.05, 3.63) is 63.0 Å². The first-order chi connectivity index (χ1) is 10.9. The summed E-state index contributed by atoms with van der Waals surface area (Å²) in [6.45, 7) is 1.33. The SMILES string of the molecule is c1ccc(P2c3ccsc3C3(OCCO3)c3sccc32)cc1. The molecule has 2 aliphatic rings. The molecule has 5 rings (SSSR count). The van der Waals surface area contributed by atoms with Crippen molar-refractivity contribution >= 4 is 46.5 Å². The highest BCUT2D eigenvalue weighted by atomic mass is 32.1. The van der Waals surface area contributed by atoms with E-state index in [-0.39, 0.29) is 0 Å². The van der Waals surface area contributed by atoms with E-state index in [1.807, 2.05) is 0 Å². The molecule has 0 atom stereocenters. The van der Waals surface area contributed by atoms with Crippen molar-refractivity contribution in [2.45, 2.75) is 5.79 Å². The standard InChI is InChI=1S/C17H13O2PS2/c1-2-4-12(5-3-1)20-13-6-10-21-15(13)17(18-8-9-19-17)16-14(20)7-11-22-16/h1-7,10-11H,8-9H2. The van der Waals surface area contributed by atoms with Crippen LogP contribution in [0.1, 0.15) is 9.75 Å². The van der Waals surface area contributed by atoms with Gasteiger partial charge in [0.15, 0.2) is 0 Å². The van der Waals surface area contributed by atoms with Gasteiger partial charge in [-0.1, -0.05) is 30.3 Å². The van der Waals surface area contributed by atoms with Gasteiger partial charge in [-0.3, -0.25) is 0 Å². The lowest BCUT2D eigenvalue weighted by atomic mass is 10.1. The summed E-state index contributed by atoms with van der Waals surface area (Å²) in [6, 6.07) is 15.3. The second kappa shape index (κ2) is 4.98. The molecule has 0 unspecified atom stereocenters. The lowest BCUT2D eigenvalue weighted by Crippen LogP contribution is -2.41. The van der Waals surface area contributed by atoms with Crippen LogP contribution in [0.3, 0.4) is 0 Å². The van der Waals surface area contributed by atoms with E-state index in [9.17, 15) is 0 Å². The van der Waals surface area contributed by atoms with Crippen LogP contribution in [0.15, 0.2) is 53.2 Å². The number of rotatable bonds is 1. The van der Waals surface area contributed by atoms with Gasteiger partial charge >= 0.3 is 0 Å². The zero-order valence-corrected chi connectivity index (χ0v) is 14.2. The average molecular weight is 344 g/mol. The average Bonchev–Trinajstić information content (AvgIpc) is 3.29. The second-order valence-corrected chi connectivity index (χ2v) is 9.24. The Balaban J connectivity index is 1.79. The van der Waals surface area contributed by atoms with Gasteiger partial charge in [-0.05, 0) is 36.1 Å². The fourth-order valence-electron chi connectivity index (χ4n) is 3.21. The van der Waals surface area contributed by atoms with Crippen molar-refractivity contribution in [1.29, 1.82) is 0 Å². The van der Waals surface area contributed by atoms with Gasteiger partial charge in [0.25, 0.3) is 0 Å². The Labute approximate surface area is 138 Å². The summed E-state index contributed by atoms with van der Waals surface area (Å²) in [5.41, 5.74) is 0. The third-order valence-corrected chi connectivity index (χ3v) is 8.90. The van der Waals surface area contributed by atoms with Crippen molar-refractivity contribution in [3.63, 3.8) is 0 Å². The lowest BCUT2D eigenvalue weighted by molar-refractivity contribution is -0.123. The van der Waals surface area contributed by atoms with E-state index in [1.165, 1.54) is 25.7 Å². The maximum Gasteiger partial charge on any atom is 0.242 e. The molecular formula is C17H13O2PS2. The largest absolute Gasteiger partial charge is 0.338 e. The molecule has 0 amide bonds. The van der Waals surface area contributed by atoms with Gasteiger partial charge in [0.05, 0.1) is 23.0 Å². The van der Waals surface area contributed by atoms with Crippen LogP contribution in [-0.4, -0.2) is 13.2 Å². The van der Waals surface area contributed by atoms with Crippen molar-refractivity contribution in [2.75, 3.05) is 13.2 Å². The molecule has 110 valence electrons. The van der Waals surface area contributed by atoms with Gasteiger partial charge in [-0.2, -0.15) is 0 Å². The van der Waals surface area contributed by atoms with E-state index in [2.05, 4.69) is 53.2 Å². The Morgan fingerprint density at radius 3 is 2.00 bits per heavy atom. The van der Waals surface area contributed by atoms with Crippen LogP contribution in [0.5, 0.6) is 0 Å². The highest BCUT2D eigenvalue weighted by Gasteiger charge is 2.51. The van der Waals surface area contributed by atoms with Crippen LogP contribution >= 0.6 is 30.6 Å². The topological polar surface area (TPSA) is 18.5 Å². The zero-order chi connectivity index (χ0) is 14.6. The summed E-state index contributed by atoms with van der Waals surface area (Å²) in [7, 11) is -0.506. The van der Waals surface area contributed by atoms with Crippen molar-refractivity contribution in [1.82, 2.24) is 0 Å². The van der Waals surface area contributed by atoms with Crippen molar-refractivity contribution < 1.29 is 9.47 Å². The molecule has 3 aromatic rings. The number of thiophene rings is 2. The predicted octanol–water partition coefficient (Wildman–Crippen LogP) is 3.13. The molecule has 2 aromatic heterocycles. The summed E-state index contributed by atoms with van der Waals surface area (Å²) >= 11 is 3.52. The van der Waals surface area contributed by atoms with Gasteiger partial charge in [0.1, 0.15) is 0 Å². The Kier molecular flexibility index (Phi) is 3.04. The minimum Gasteiger partial charge on any atom is -0.338 e. The van der Waals surface area contributed by atoms with Gasteiger partial charge < -0.3 is 9.47 Å². The van der Waals surface area contributed by atoms with E-state index < -0.39 is 13.7 Å². The third-order valence-electron chi connectivity index (χ3n) is 4.08. The van der Waals surface area contributed by atoms with E-state index in [4.69, 9.17) is 9.47 Å². The molecule has 2 nitrogen and oxygen atoms in total. The number of benzene rings is 1. The number of hydrogen-bond acceptors (Lipinski definition) is 4. The molecule has 0 aliphatic carbocycles. The van der Waals surface area contributed by atoms with Crippen molar-refractivity contribution in [3.8, 4) is 0 Å². The molecular weight excluding hydrogens is 331 g/mol. The number of hydrogen-bond donors (Lipinski definition) is 0. The summed E-state index contributed by atoms with van der Waals surface area (Å²) in [4.78, 5) is 2.49.